The van der Waals surface area contributed by atoms with Crippen molar-refractivity contribution in [2.45, 2.75) is 63.2 Å². The van der Waals surface area contributed by atoms with Gasteiger partial charge >= 0.3 is 6.18 Å². The molecule has 3 aromatic heterocycles. The molecule has 2 amide bonds. The molecule has 9 nitrogen and oxygen atoms in total. The summed E-state index contributed by atoms with van der Waals surface area (Å²) in [5.74, 6) is -0.398. The molecule has 2 bridgehead atoms. The molecule has 43 heavy (non-hydrogen) atoms. The highest BCUT2D eigenvalue weighted by Crippen LogP contribution is 2.39. The topological polar surface area (TPSA) is 128 Å². The zero-order chi connectivity index (χ0) is 30.1. The molecule has 0 saturated heterocycles. The first kappa shape index (κ1) is 28.4. The van der Waals surface area contributed by atoms with Gasteiger partial charge < -0.3 is 16.4 Å². The van der Waals surface area contributed by atoms with Crippen LogP contribution < -0.4 is 16.4 Å². The highest BCUT2D eigenvalue weighted by molar-refractivity contribution is 6.06. The van der Waals surface area contributed by atoms with Crippen molar-refractivity contribution in [1.29, 1.82) is 0 Å². The smallest absolute Gasteiger partial charge is 0.383 e. The second kappa shape index (κ2) is 11.5. The van der Waals surface area contributed by atoms with Crippen molar-refractivity contribution in [3.05, 3.63) is 71.6 Å². The molecule has 0 spiro atoms. The number of rotatable bonds is 3. The lowest BCUT2D eigenvalue weighted by Crippen LogP contribution is -2.39. The Kier molecular flexibility index (Phi) is 7.59. The number of nitrogens with zero attached hydrogens (tertiary/aromatic N) is 4. The van der Waals surface area contributed by atoms with Gasteiger partial charge in [0, 0.05) is 41.5 Å². The highest BCUT2D eigenvalue weighted by atomic mass is 19.4. The number of benzene rings is 1. The van der Waals surface area contributed by atoms with Gasteiger partial charge in [-0.15, -0.1) is 0 Å². The lowest BCUT2D eigenvalue weighted by molar-refractivity contribution is -0.137. The van der Waals surface area contributed by atoms with Crippen molar-refractivity contribution in [1.82, 2.24) is 25.1 Å². The summed E-state index contributed by atoms with van der Waals surface area (Å²) in [6, 6.07) is 8.34. The second-order valence-corrected chi connectivity index (χ2v) is 11.0. The fourth-order valence-corrected chi connectivity index (χ4v) is 5.86. The van der Waals surface area contributed by atoms with Crippen molar-refractivity contribution in [2.75, 3.05) is 11.1 Å². The molecule has 2 aliphatic rings. The number of hydrogen-bond acceptors (Lipinski definition) is 6. The summed E-state index contributed by atoms with van der Waals surface area (Å²) in [4.78, 5) is 33.6. The van der Waals surface area contributed by atoms with E-state index in [1.54, 1.807) is 30.5 Å². The number of aromatic nitrogens is 4. The maximum atomic E-state index is 13.1. The van der Waals surface area contributed by atoms with Crippen LogP contribution in [0.4, 0.5) is 24.8 Å². The van der Waals surface area contributed by atoms with Gasteiger partial charge in [-0.1, -0.05) is 24.3 Å². The first-order chi connectivity index (χ1) is 20.7. The van der Waals surface area contributed by atoms with Gasteiger partial charge in [0.15, 0.2) is 0 Å². The molecule has 1 aliphatic carbocycles. The Bertz CT molecular complexity index is 1710. The van der Waals surface area contributed by atoms with Crippen LogP contribution in [0.3, 0.4) is 0 Å². The Balaban J connectivity index is 1.36. The van der Waals surface area contributed by atoms with E-state index in [4.69, 9.17) is 10.8 Å². The van der Waals surface area contributed by atoms with E-state index in [-0.39, 0.29) is 29.4 Å². The molecule has 12 heteroatoms. The van der Waals surface area contributed by atoms with Gasteiger partial charge in [0.05, 0.1) is 22.5 Å². The number of nitrogens with two attached hydrogens (primary N) is 1. The third-order valence-corrected chi connectivity index (χ3v) is 7.96. The Morgan fingerprint density at radius 3 is 2.70 bits per heavy atom. The summed E-state index contributed by atoms with van der Waals surface area (Å²) in [6.45, 7) is 0. The van der Waals surface area contributed by atoms with Gasteiger partial charge in [0.2, 0.25) is 5.91 Å². The van der Waals surface area contributed by atoms with Crippen LogP contribution >= 0.6 is 0 Å². The van der Waals surface area contributed by atoms with E-state index in [1.165, 1.54) is 0 Å². The number of hydrogen-bond donors (Lipinski definition) is 3. The second-order valence-electron chi connectivity index (χ2n) is 11.0. The van der Waals surface area contributed by atoms with Crippen LogP contribution in [-0.4, -0.2) is 37.6 Å². The predicted octanol–water partition coefficient (Wildman–Crippen LogP) is 6.14. The van der Waals surface area contributed by atoms with E-state index in [2.05, 4.69) is 20.6 Å². The molecule has 4 N–H and O–H groups in total. The Morgan fingerprint density at radius 1 is 1.09 bits per heavy atom. The van der Waals surface area contributed by atoms with E-state index < -0.39 is 17.6 Å². The number of carbonyl (C=O) groups excluding carboxylic acids is 2. The number of halogens is 3. The molecule has 2 atom stereocenters. The van der Waals surface area contributed by atoms with Gasteiger partial charge in [-0.05, 0) is 62.8 Å². The monoisotopic (exact) mass is 589 g/mol. The zero-order valence-electron chi connectivity index (χ0n) is 23.2. The molecule has 1 saturated carbocycles. The number of alkyl halides is 3. The maximum absolute atomic E-state index is 13.1. The minimum atomic E-state index is -4.55. The van der Waals surface area contributed by atoms with Crippen LogP contribution in [0.25, 0.3) is 28.2 Å². The molecule has 1 aromatic carbocycles. The number of amides is 2. The van der Waals surface area contributed by atoms with Crippen molar-refractivity contribution >= 4 is 40.4 Å². The molecule has 0 unspecified atom stereocenters. The fraction of sp³-hybridized carbons (Fsp3) is 0.323. The SMILES string of the molecule is Nc1ncc2c3c1c(-c1ccc(C(=O)Nc4cc(C(F)(F)F)ccn4)cc1)nn3[C@@H]1CCC[C@H](C1)NC(=O)CCC/C=C/2. The van der Waals surface area contributed by atoms with Crippen LogP contribution in [0.1, 0.15) is 72.5 Å². The summed E-state index contributed by atoms with van der Waals surface area (Å²) in [5.41, 5.74) is 8.85. The third kappa shape index (κ3) is 5.95. The molecular weight excluding hydrogens is 559 g/mol. The standard InChI is InChI=1S/C31H30F3N7O2/c32-31(33,34)21-13-14-36-24(15-21)39-30(43)19-11-9-18(10-12-19)27-26-28-20(17-37-29(26)35)5-2-1-3-8-25(42)38-22-6-4-7-23(16-22)41(28)40-27/h2,5,9-15,17,22-23H,1,3-4,6-8,16H2,(H2,35,37)(H,38,42)(H,36,39,43)/b5-2+/t22-,23-/m1/s1. The van der Waals surface area contributed by atoms with Crippen LogP contribution in [0.15, 0.2) is 54.9 Å². The van der Waals surface area contributed by atoms with E-state index in [0.29, 0.717) is 28.9 Å². The summed E-state index contributed by atoms with van der Waals surface area (Å²) in [6.07, 6.45) is 7.72. The normalized spacial score (nSPS) is 19.9. The average Bonchev–Trinajstić information content (AvgIpc) is 3.40. The number of fused-ring (bicyclic) bond motifs is 3. The van der Waals surface area contributed by atoms with E-state index in [0.717, 1.165) is 67.9 Å². The Morgan fingerprint density at radius 2 is 1.91 bits per heavy atom. The Hall–Kier alpha value is -4.74. The number of pyridine rings is 2. The quantitative estimate of drug-likeness (QED) is 0.263. The lowest BCUT2D eigenvalue weighted by Gasteiger charge is -2.30. The highest BCUT2D eigenvalue weighted by Gasteiger charge is 2.31. The molecule has 1 aliphatic heterocycles. The molecule has 1 fully saturated rings. The van der Waals surface area contributed by atoms with Crippen molar-refractivity contribution in [3.63, 3.8) is 0 Å². The Labute approximate surface area is 245 Å². The summed E-state index contributed by atoms with van der Waals surface area (Å²) < 4.78 is 41.2. The van der Waals surface area contributed by atoms with E-state index in [1.807, 2.05) is 16.8 Å². The summed E-state index contributed by atoms with van der Waals surface area (Å²) in [7, 11) is 0. The number of nitrogens with one attached hydrogen (secondary N) is 2. The van der Waals surface area contributed by atoms with Gasteiger partial charge in [-0.25, -0.2) is 9.97 Å². The number of allylic oxidation sites excluding steroid dienone is 1. The van der Waals surface area contributed by atoms with Crippen LogP contribution in [0, 0.1) is 0 Å². The van der Waals surface area contributed by atoms with Crippen molar-refractivity contribution in [2.24, 2.45) is 0 Å². The molecule has 6 rings (SSSR count). The predicted molar refractivity (Wildman–Crippen MR) is 157 cm³/mol. The zero-order valence-corrected chi connectivity index (χ0v) is 23.2. The fourth-order valence-electron chi connectivity index (χ4n) is 5.86. The van der Waals surface area contributed by atoms with Crippen LogP contribution in [-0.2, 0) is 11.0 Å². The molecule has 4 heterocycles. The average molecular weight is 590 g/mol. The molecular formula is C31H30F3N7O2. The number of carbonyl (C=O) groups is 2. The molecule has 4 aromatic rings. The van der Waals surface area contributed by atoms with Crippen molar-refractivity contribution in [3.8, 4) is 11.3 Å². The van der Waals surface area contributed by atoms with Gasteiger partial charge in [-0.2, -0.15) is 18.3 Å². The third-order valence-electron chi connectivity index (χ3n) is 7.96. The van der Waals surface area contributed by atoms with Crippen LogP contribution in [0.5, 0.6) is 0 Å². The van der Waals surface area contributed by atoms with E-state index in [9.17, 15) is 22.8 Å². The molecule has 0 radical (unpaired) electrons. The summed E-state index contributed by atoms with van der Waals surface area (Å²) >= 11 is 0. The first-order valence-electron chi connectivity index (χ1n) is 14.2. The van der Waals surface area contributed by atoms with Gasteiger partial charge in [-0.3, -0.25) is 14.3 Å². The van der Waals surface area contributed by atoms with Gasteiger partial charge in [0.1, 0.15) is 17.3 Å². The van der Waals surface area contributed by atoms with Gasteiger partial charge in [0.25, 0.3) is 5.91 Å². The minimum Gasteiger partial charge on any atom is -0.383 e. The summed E-state index contributed by atoms with van der Waals surface area (Å²) in [5, 5.41) is 11.4. The number of nitrogen functional groups attached to an aromatic ring is 1. The van der Waals surface area contributed by atoms with Crippen molar-refractivity contribution < 1.29 is 22.8 Å². The van der Waals surface area contributed by atoms with Crippen LogP contribution in [0.2, 0.25) is 0 Å². The lowest BCUT2D eigenvalue weighted by atomic mass is 9.90. The minimum absolute atomic E-state index is 0.0371. The largest absolute Gasteiger partial charge is 0.416 e. The number of anilines is 2. The van der Waals surface area contributed by atoms with E-state index >= 15 is 0 Å². The first-order valence-corrected chi connectivity index (χ1v) is 14.2. The maximum Gasteiger partial charge on any atom is 0.416 e. The molecule has 222 valence electrons.